The number of hydrogen-bond donors (Lipinski definition) is 1. The van der Waals surface area contributed by atoms with Gasteiger partial charge in [0.25, 0.3) is 0 Å². The summed E-state index contributed by atoms with van der Waals surface area (Å²) in [4.78, 5) is 18.9. The first-order valence-corrected chi connectivity index (χ1v) is 10.8. The first-order chi connectivity index (χ1) is 15.1. The highest BCUT2D eigenvalue weighted by molar-refractivity contribution is 7.21. The summed E-state index contributed by atoms with van der Waals surface area (Å²) in [6, 6.07) is 14.3. The summed E-state index contributed by atoms with van der Waals surface area (Å²) in [5.41, 5.74) is 8.66. The number of nitrogens with two attached hydrogens (primary N) is 1. The monoisotopic (exact) mass is 436 g/mol. The largest absolute Gasteiger partial charge is 0.495 e. The van der Waals surface area contributed by atoms with E-state index in [1.807, 2.05) is 18.2 Å². The van der Waals surface area contributed by atoms with Gasteiger partial charge in [-0.05, 0) is 36.4 Å². The third-order valence-electron chi connectivity index (χ3n) is 5.35. The fourth-order valence-corrected chi connectivity index (χ4v) is 4.76. The predicted molar refractivity (Wildman–Crippen MR) is 122 cm³/mol. The summed E-state index contributed by atoms with van der Waals surface area (Å²) in [7, 11) is 1.69. The van der Waals surface area contributed by atoms with Gasteiger partial charge < -0.3 is 20.3 Å². The van der Waals surface area contributed by atoms with Crippen molar-refractivity contribution < 1.29 is 9.13 Å². The summed E-state index contributed by atoms with van der Waals surface area (Å²) in [6.45, 7) is 3.18. The molecule has 31 heavy (non-hydrogen) atoms. The number of rotatable bonds is 4. The minimum atomic E-state index is -0.275. The fourth-order valence-electron chi connectivity index (χ4n) is 3.81. The van der Waals surface area contributed by atoms with E-state index in [1.54, 1.807) is 19.2 Å². The lowest BCUT2D eigenvalue weighted by atomic mass is 10.2. The molecule has 2 aromatic carbocycles. The van der Waals surface area contributed by atoms with Gasteiger partial charge >= 0.3 is 0 Å². The molecule has 0 unspecified atom stereocenters. The third kappa shape index (κ3) is 3.72. The summed E-state index contributed by atoms with van der Waals surface area (Å²) in [5, 5.41) is 0.767. The number of hydrogen-bond acceptors (Lipinski definition) is 8. The third-order valence-corrected chi connectivity index (χ3v) is 6.35. The van der Waals surface area contributed by atoms with Crippen LogP contribution in [0.5, 0.6) is 5.75 Å². The Kier molecular flexibility index (Phi) is 5.03. The molecule has 1 aliphatic heterocycles. The number of methoxy groups -OCH3 is 1. The van der Waals surface area contributed by atoms with Crippen molar-refractivity contribution >= 4 is 39.1 Å². The van der Waals surface area contributed by atoms with Crippen LogP contribution in [0.1, 0.15) is 0 Å². The van der Waals surface area contributed by atoms with E-state index in [0.29, 0.717) is 0 Å². The van der Waals surface area contributed by atoms with Crippen LogP contribution < -0.4 is 20.3 Å². The van der Waals surface area contributed by atoms with E-state index in [1.165, 1.54) is 23.5 Å². The lowest BCUT2D eigenvalue weighted by molar-refractivity contribution is 0.413. The molecule has 7 nitrogen and oxygen atoms in total. The number of nitrogens with zero attached hydrogens (tertiary/aromatic N) is 5. The van der Waals surface area contributed by atoms with E-state index >= 15 is 0 Å². The number of ether oxygens (including phenoxy) is 1. The van der Waals surface area contributed by atoms with Gasteiger partial charge in [0.2, 0.25) is 5.95 Å². The Balaban J connectivity index is 1.43. The van der Waals surface area contributed by atoms with Crippen LogP contribution in [0.15, 0.2) is 48.5 Å². The van der Waals surface area contributed by atoms with Gasteiger partial charge in [-0.1, -0.05) is 23.5 Å². The summed E-state index contributed by atoms with van der Waals surface area (Å²) in [5.74, 6) is 1.56. The van der Waals surface area contributed by atoms with Crippen molar-refractivity contribution in [1.29, 1.82) is 0 Å². The molecule has 9 heteroatoms. The number of piperazine rings is 1. The molecule has 158 valence electrons. The van der Waals surface area contributed by atoms with Crippen molar-refractivity contribution in [3.63, 3.8) is 0 Å². The summed E-state index contributed by atoms with van der Waals surface area (Å²) >= 11 is 1.43. The van der Waals surface area contributed by atoms with Crippen LogP contribution in [0.3, 0.4) is 0 Å². The van der Waals surface area contributed by atoms with Gasteiger partial charge in [-0.2, -0.15) is 4.98 Å². The molecule has 5 rings (SSSR count). The van der Waals surface area contributed by atoms with Crippen LogP contribution in [0.25, 0.3) is 20.9 Å². The maximum Gasteiger partial charge on any atom is 0.223 e. The van der Waals surface area contributed by atoms with Gasteiger partial charge in [0, 0.05) is 31.7 Å². The van der Waals surface area contributed by atoms with Gasteiger partial charge in [0.05, 0.1) is 12.8 Å². The zero-order chi connectivity index (χ0) is 21.4. The van der Waals surface area contributed by atoms with Gasteiger partial charge in [0.1, 0.15) is 22.1 Å². The van der Waals surface area contributed by atoms with E-state index in [2.05, 4.69) is 25.8 Å². The molecule has 0 saturated carbocycles. The molecule has 0 amide bonds. The lowest BCUT2D eigenvalue weighted by Crippen LogP contribution is -2.47. The molecule has 2 aromatic heterocycles. The molecule has 3 heterocycles. The number of para-hydroxylation sites is 2. The number of thiazole rings is 1. The Morgan fingerprint density at radius 3 is 2.39 bits per heavy atom. The van der Waals surface area contributed by atoms with Crippen LogP contribution in [0, 0.1) is 5.82 Å². The highest BCUT2D eigenvalue weighted by atomic mass is 32.1. The molecule has 0 aliphatic carbocycles. The van der Waals surface area contributed by atoms with Crippen LogP contribution in [0.4, 0.5) is 21.8 Å². The van der Waals surface area contributed by atoms with Crippen molar-refractivity contribution in [3.8, 4) is 16.3 Å². The molecule has 1 aliphatic rings. The molecule has 1 saturated heterocycles. The number of fused-ring (bicyclic) bond motifs is 1. The average Bonchev–Trinajstić information content (AvgIpc) is 3.23. The Bertz CT molecular complexity index is 1220. The number of nitrogen functional groups attached to an aromatic ring is 1. The number of benzene rings is 2. The van der Waals surface area contributed by atoms with E-state index in [0.717, 1.165) is 64.4 Å². The molecule has 0 spiro atoms. The maximum absolute atomic E-state index is 13.3. The topological polar surface area (TPSA) is 80.4 Å². The molecular formula is C22H21FN6OS. The standard InChI is InChI=1S/C22H21FN6OS/c1-30-17-5-3-2-4-16(17)28-10-12-29(13-11-28)19-18-21(27-22(24)26-19)31-20(25-18)14-6-8-15(23)9-7-14/h2-9H,10-13H2,1H3,(H2,24,26,27). The first-order valence-electron chi connectivity index (χ1n) is 9.95. The van der Waals surface area contributed by atoms with Crippen molar-refractivity contribution in [3.05, 3.63) is 54.3 Å². The fraction of sp³-hybridized carbons (Fsp3) is 0.227. The quantitative estimate of drug-likeness (QED) is 0.521. The van der Waals surface area contributed by atoms with Crippen molar-refractivity contribution in [1.82, 2.24) is 15.0 Å². The van der Waals surface area contributed by atoms with Crippen molar-refractivity contribution in [2.45, 2.75) is 0 Å². The predicted octanol–water partition coefficient (Wildman–Crippen LogP) is 3.81. The molecule has 0 radical (unpaired) electrons. The Hall–Kier alpha value is -3.46. The van der Waals surface area contributed by atoms with Crippen molar-refractivity contribution in [2.24, 2.45) is 0 Å². The minimum absolute atomic E-state index is 0.226. The van der Waals surface area contributed by atoms with Crippen LogP contribution in [0.2, 0.25) is 0 Å². The highest BCUT2D eigenvalue weighted by Gasteiger charge is 2.24. The van der Waals surface area contributed by atoms with Crippen molar-refractivity contribution in [2.75, 3.05) is 48.8 Å². The Labute approximate surface area is 182 Å². The maximum atomic E-state index is 13.3. The van der Waals surface area contributed by atoms with E-state index in [4.69, 9.17) is 15.5 Å². The molecular weight excluding hydrogens is 415 g/mol. The zero-order valence-corrected chi connectivity index (χ0v) is 17.8. The second-order valence-electron chi connectivity index (χ2n) is 7.23. The van der Waals surface area contributed by atoms with Gasteiger partial charge in [-0.25, -0.2) is 14.4 Å². The number of aromatic nitrogens is 3. The van der Waals surface area contributed by atoms with Crippen LogP contribution >= 0.6 is 11.3 Å². The second-order valence-corrected chi connectivity index (χ2v) is 8.21. The van der Waals surface area contributed by atoms with Crippen LogP contribution in [-0.4, -0.2) is 48.2 Å². The smallest absolute Gasteiger partial charge is 0.223 e. The normalized spacial score (nSPS) is 14.3. The number of anilines is 3. The summed E-state index contributed by atoms with van der Waals surface area (Å²) in [6.07, 6.45) is 0. The molecule has 4 aromatic rings. The van der Waals surface area contributed by atoms with E-state index in [9.17, 15) is 4.39 Å². The minimum Gasteiger partial charge on any atom is -0.495 e. The molecule has 1 fully saturated rings. The average molecular weight is 437 g/mol. The van der Waals surface area contributed by atoms with E-state index in [-0.39, 0.29) is 11.8 Å². The van der Waals surface area contributed by atoms with E-state index < -0.39 is 0 Å². The molecule has 2 N–H and O–H groups in total. The highest BCUT2D eigenvalue weighted by Crippen LogP contribution is 2.35. The zero-order valence-electron chi connectivity index (χ0n) is 17.0. The number of halogens is 1. The molecule has 0 bridgehead atoms. The molecule has 0 atom stereocenters. The second kappa shape index (κ2) is 7.99. The van der Waals surface area contributed by atoms with Gasteiger partial charge in [-0.15, -0.1) is 0 Å². The lowest BCUT2D eigenvalue weighted by Gasteiger charge is -2.37. The Morgan fingerprint density at radius 2 is 1.65 bits per heavy atom. The van der Waals surface area contributed by atoms with Gasteiger partial charge in [-0.3, -0.25) is 0 Å². The SMILES string of the molecule is COc1ccccc1N1CCN(c2nc(N)nc3sc(-c4ccc(F)cc4)nc23)CC1. The first kappa shape index (κ1) is 19.5. The summed E-state index contributed by atoms with van der Waals surface area (Å²) < 4.78 is 18.8. The Morgan fingerprint density at radius 1 is 0.935 bits per heavy atom. The van der Waals surface area contributed by atoms with Crippen LogP contribution in [-0.2, 0) is 0 Å². The van der Waals surface area contributed by atoms with Gasteiger partial charge in [0.15, 0.2) is 10.6 Å².